The van der Waals surface area contributed by atoms with E-state index in [1.165, 1.54) is 0 Å². The van der Waals surface area contributed by atoms with Crippen molar-refractivity contribution in [2.75, 3.05) is 0 Å². The predicted octanol–water partition coefficient (Wildman–Crippen LogP) is 6.51. The first-order valence-electron chi connectivity index (χ1n) is 8.02. The fourth-order valence-corrected chi connectivity index (χ4v) is 1.56. The van der Waals surface area contributed by atoms with Crippen LogP contribution >= 0.6 is 0 Å². The van der Waals surface area contributed by atoms with E-state index in [0.717, 1.165) is 23.2 Å². The van der Waals surface area contributed by atoms with Crippen LogP contribution in [0, 0.1) is 0 Å². The first-order valence-corrected chi connectivity index (χ1v) is 8.02. The molecule has 5 heteroatoms. The second kappa shape index (κ2) is 11.0. The summed E-state index contributed by atoms with van der Waals surface area (Å²) in [5.74, 6) is 4.10. The van der Waals surface area contributed by atoms with E-state index < -0.39 is 0 Å². The van der Waals surface area contributed by atoms with Crippen LogP contribution in [0.5, 0.6) is 0 Å². The molecule has 140 valence electrons. The van der Waals surface area contributed by atoms with Crippen LogP contribution in [0.3, 0.4) is 0 Å². The topological polar surface area (TPSA) is 65.0 Å². The summed E-state index contributed by atoms with van der Waals surface area (Å²) in [6.45, 7) is 16.6. The van der Waals surface area contributed by atoms with Crippen molar-refractivity contribution < 1.29 is 9.05 Å². The van der Waals surface area contributed by atoms with Gasteiger partial charge in [-0.2, -0.15) is 4.98 Å². The van der Waals surface area contributed by atoms with E-state index in [0.29, 0.717) is 23.7 Å². The zero-order valence-electron chi connectivity index (χ0n) is 15.0. The molecule has 0 aromatic carbocycles. The lowest BCUT2D eigenvalue weighted by Crippen LogP contribution is -1.91. The van der Waals surface area contributed by atoms with Gasteiger partial charge in [-0.1, -0.05) is 80.6 Å². The van der Waals surface area contributed by atoms with Gasteiger partial charge in [0.15, 0.2) is 5.82 Å². The maximum atomic E-state index is 5.14. The molecule has 5 nitrogen and oxygen atoms in total. The highest BCUT2D eigenvalue weighted by molar-refractivity contribution is 5.11. The minimum atomic E-state index is 0. The van der Waals surface area contributed by atoms with Crippen molar-refractivity contribution in [2.24, 2.45) is 0 Å². The van der Waals surface area contributed by atoms with Gasteiger partial charge in [0.05, 0.1) is 5.69 Å². The van der Waals surface area contributed by atoms with Crippen molar-refractivity contribution >= 4 is 0 Å². The standard InChI is InChI=1S/C9H15NO.C8H14N2O.2CH4/c1-6(2)8-5-9(7(3)4)11-10-8;1-5(2)7-9-8(6(3)4)11-10-7;;/h5-7H,1-4H3;5-6H,1-4H3;2*1H4. The number of hydrogen-bond acceptors (Lipinski definition) is 5. The maximum absolute atomic E-state index is 5.14. The SMILES string of the molecule is C.C.CC(C)c1cc(C(C)C)on1.CC(C)c1noc(C(C)C)n1. The van der Waals surface area contributed by atoms with Gasteiger partial charge < -0.3 is 9.05 Å². The average molecular weight is 340 g/mol. The van der Waals surface area contributed by atoms with Crippen LogP contribution in [-0.2, 0) is 0 Å². The fraction of sp³-hybridized carbons (Fsp3) is 0.737. The third-order valence-corrected chi connectivity index (χ3v) is 3.17. The minimum absolute atomic E-state index is 0. The molecule has 0 amide bonds. The molecule has 0 aliphatic heterocycles. The van der Waals surface area contributed by atoms with Gasteiger partial charge in [-0.3, -0.25) is 0 Å². The quantitative estimate of drug-likeness (QED) is 0.635. The smallest absolute Gasteiger partial charge is 0.229 e. The minimum Gasteiger partial charge on any atom is -0.361 e. The zero-order chi connectivity index (χ0) is 16.9. The van der Waals surface area contributed by atoms with Gasteiger partial charge in [-0.05, 0) is 5.92 Å². The third kappa shape index (κ3) is 7.28. The third-order valence-electron chi connectivity index (χ3n) is 3.17. The van der Waals surface area contributed by atoms with E-state index >= 15 is 0 Å². The predicted molar refractivity (Wildman–Crippen MR) is 101 cm³/mol. The summed E-state index contributed by atoms with van der Waals surface area (Å²) in [5, 5.41) is 7.81. The molecule has 0 spiro atoms. The van der Waals surface area contributed by atoms with Gasteiger partial charge in [0.2, 0.25) is 5.89 Å². The zero-order valence-corrected chi connectivity index (χ0v) is 15.0. The number of rotatable bonds is 4. The van der Waals surface area contributed by atoms with Gasteiger partial charge in [0, 0.05) is 23.8 Å². The van der Waals surface area contributed by atoms with Crippen LogP contribution in [0.25, 0.3) is 0 Å². The normalized spacial score (nSPS) is 10.5. The van der Waals surface area contributed by atoms with Gasteiger partial charge in [-0.15, -0.1) is 0 Å². The van der Waals surface area contributed by atoms with Crippen LogP contribution < -0.4 is 0 Å². The summed E-state index contributed by atoms with van der Waals surface area (Å²) >= 11 is 0. The first-order chi connectivity index (χ1) is 10.2. The summed E-state index contributed by atoms with van der Waals surface area (Å²) in [7, 11) is 0. The molecular weight excluding hydrogens is 302 g/mol. The lowest BCUT2D eigenvalue weighted by atomic mass is 10.1. The van der Waals surface area contributed by atoms with E-state index in [2.05, 4.69) is 56.8 Å². The van der Waals surface area contributed by atoms with Crippen molar-refractivity contribution in [1.29, 1.82) is 0 Å². The van der Waals surface area contributed by atoms with Gasteiger partial charge in [0.1, 0.15) is 5.76 Å². The van der Waals surface area contributed by atoms with E-state index in [1.807, 2.05) is 19.9 Å². The number of hydrogen-bond donors (Lipinski definition) is 0. The Bertz CT molecular complexity index is 459. The Morgan fingerprint density at radius 1 is 0.708 bits per heavy atom. The van der Waals surface area contributed by atoms with E-state index in [4.69, 9.17) is 9.05 Å². The molecule has 2 aromatic heterocycles. The van der Waals surface area contributed by atoms with Crippen LogP contribution in [0.4, 0.5) is 0 Å². The van der Waals surface area contributed by atoms with E-state index in [-0.39, 0.29) is 14.9 Å². The summed E-state index contributed by atoms with van der Waals surface area (Å²) in [6, 6.07) is 2.04. The summed E-state index contributed by atoms with van der Waals surface area (Å²) in [4.78, 5) is 4.23. The second-order valence-corrected chi connectivity index (χ2v) is 6.76. The summed E-state index contributed by atoms with van der Waals surface area (Å²) < 4.78 is 10.2. The molecule has 0 bridgehead atoms. The molecule has 0 aliphatic carbocycles. The second-order valence-electron chi connectivity index (χ2n) is 6.76. The first kappa shape index (κ1) is 24.6. The highest BCUT2D eigenvalue weighted by Crippen LogP contribution is 2.19. The molecule has 2 rings (SSSR count). The highest BCUT2D eigenvalue weighted by Gasteiger charge is 2.11. The number of aromatic nitrogens is 3. The fourth-order valence-electron chi connectivity index (χ4n) is 1.56. The van der Waals surface area contributed by atoms with Crippen LogP contribution in [0.1, 0.15) is 117 Å². The summed E-state index contributed by atoms with van der Waals surface area (Å²) in [5.41, 5.74) is 1.05. The van der Waals surface area contributed by atoms with E-state index in [9.17, 15) is 0 Å². The van der Waals surface area contributed by atoms with Gasteiger partial charge in [0.25, 0.3) is 0 Å². The van der Waals surface area contributed by atoms with Crippen LogP contribution in [0.15, 0.2) is 15.1 Å². The number of nitrogens with zero attached hydrogens (tertiary/aromatic N) is 3. The molecule has 0 radical (unpaired) electrons. The molecule has 24 heavy (non-hydrogen) atoms. The largest absolute Gasteiger partial charge is 0.361 e. The van der Waals surface area contributed by atoms with Crippen molar-refractivity contribution in [3.63, 3.8) is 0 Å². The lowest BCUT2D eigenvalue weighted by Gasteiger charge is -1.95. The lowest BCUT2D eigenvalue weighted by molar-refractivity contribution is 0.359. The molecule has 2 aromatic rings. The van der Waals surface area contributed by atoms with Gasteiger partial charge >= 0.3 is 0 Å². The molecule has 0 N–H and O–H groups in total. The molecule has 2 heterocycles. The van der Waals surface area contributed by atoms with Crippen molar-refractivity contribution in [3.8, 4) is 0 Å². The molecule has 0 saturated heterocycles. The highest BCUT2D eigenvalue weighted by atomic mass is 16.5. The Kier molecular flexibility index (Phi) is 11.3. The van der Waals surface area contributed by atoms with Crippen molar-refractivity contribution in [2.45, 2.75) is 93.9 Å². The maximum Gasteiger partial charge on any atom is 0.229 e. The van der Waals surface area contributed by atoms with Crippen LogP contribution in [0.2, 0.25) is 0 Å². The average Bonchev–Trinajstić information content (AvgIpc) is 3.09. The van der Waals surface area contributed by atoms with E-state index in [1.54, 1.807) is 0 Å². The summed E-state index contributed by atoms with van der Waals surface area (Å²) in [6.07, 6.45) is 0. The Hall–Kier alpha value is -1.65. The van der Waals surface area contributed by atoms with Crippen molar-refractivity contribution in [3.05, 3.63) is 29.2 Å². The Morgan fingerprint density at radius 3 is 1.54 bits per heavy atom. The van der Waals surface area contributed by atoms with Crippen molar-refractivity contribution in [1.82, 2.24) is 15.3 Å². The molecule has 0 unspecified atom stereocenters. The molecule has 0 saturated carbocycles. The molecule has 0 fully saturated rings. The monoisotopic (exact) mass is 339 g/mol. The Morgan fingerprint density at radius 2 is 1.29 bits per heavy atom. The van der Waals surface area contributed by atoms with Crippen LogP contribution in [-0.4, -0.2) is 15.3 Å². The molecule has 0 aliphatic rings. The Balaban J connectivity index is 0. The van der Waals surface area contributed by atoms with Gasteiger partial charge in [-0.25, -0.2) is 0 Å². The molecular formula is C19H37N3O2. The Labute approximate surface area is 148 Å². The molecule has 0 atom stereocenters.